The standard InChI is InChI=1S/C14H16N2O3/c1-9-6-10(2)16(15-9)8-12-7-11(14(17)18)4-5-13(12)19-3/h4-7H,8H2,1-3H3,(H,17,18). The number of methoxy groups -OCH3 is 1. The molecule has 1 N–H and O–H groups in total. The number of carboxylic acids is 1. The highest BCUT2D eigenvalue weighted by Gasteiger charge is 2.11. The Morgan fingerprint density at radius 2 is 2.11 bits per heavy atom. The third kappa shape index (κ3) is 2.76. The number of nitrogens with zero attached hydrogens (tertiary/aromatic N) is 2. The minimum atomic E-state index is -0.947. The molecule has 5 heteroatoms. The molecule has 1 aromatic heterocycles. The van der Waals surface area contributed by atoms with Crippen molar-refractivity contribution in [2.24, 2.45) is 0 Å². The molecule has 0 amide bonds. The second-order valence-corrected chi connectivity index (χ2v) is 4.42. The first-order chi connectivity index (χ1) is 9.01. The van der Waals surface area contributed by atoms with Gasteiger partial charge in [-0.05, 0) is 38.1 Å². The van der Waals surface area contributed by atoms with Crippen LogP contribution in [0.3, 0.4) is 0 Å². The van der Waals surface area contributed by atoms with Gasteiger partial charge in [0, 0.05) is 11.3 Å². The van der Waals surface area contributed by atoms with Crippen LogP contribution in [-0.4, -0.2) is 28.0 Å². The van der Waals surface area contributed by atoms with E-state index in [1.54, 1.807) is 19.2 Å². The Bertz CT molecular complexity index is 617. The molecule has 0 fully saturated rings. The van der Waals surface area contributed by atoms with Crippen LogP contribution in [0.2, 0.25) is 0 Å². The molecular formula is C14H16N2O3. The van der Waals surface area contributed by atoms with Gasteiger partial charge < -0.3 is 9.84 Å². The third-order valence-electron chi connectivity index (χ3n) is 2.95. The van der Waals surface area contributed by atoms with E-state index in [-0.39, 0.29) is 5.56 Å². The molecule has 2 aromatic rings. The van der Waals surface area contributed by atoms with Gasteiger partial charge in [0.05, 0.1) is 24.9 Å². The van der Waals surface area contributed by atoms with Crippen molar-refractivity contribution in [2.45, 2.75) is 20.4 Å². The molecule has 0 saturated carbocycles. The maximum Gasteiger partial charge on any atom is 0.335 e. The maximum absolute atomic E-state index is 11.0. The Morgan fingerprint density at radius 3 is 2.63 bits per heavy atom. The van der Waals surface area contributed by atoms with E-state index in [1.165, 1.54) is 6.07 Å². The smallest absolute Gasteiger partial charge is 0.335 e. The van der Waals surface area contributed by atoms with Crippen LogP contribution >= 0.6 is 0 Å². The molecule has 0 bridgehead atoms. The van der Waals surface area contributed by atoms with Gasteiger partial charge in [0.15, 0.2) is 0 Å². The lowest BCUT2D eigenvalue weighted by molar-refractivity contribution is 0.0696. The van der Waals surface area contributed by atoms with Gasteiger partial charge >= 0.3 is 5.97 Å². The van der Waals surface area contributed by atoms with Crippen LogP contribution in [0.15, 0.2) is 24.3 Å². The molecule has 19 heavy (non-hydrogen) atoms. The zero-order valence-corrected chi connectivity index (χ0v) is 11.2. The molecule has 1 aromatic carbocycles. The molecule has 0 radical (unpaired) electrons. The van der Waals surface area contributed by atoms with Gasteiger partial charge in [0.25, 0.3) is 0 Å². The third-order valence-corrected chi connectivity index (χ3v) is 2.95. The number of aromatic nitrogens is 2. The monoisotopic (exact) mass is 260 g/mol. The summed E-state index contributed by atoms with van der Waals surface area (Å²) >= 11 is 0. The second-order valence-electron chi connectivity index (χ2n) is 4.42. The summed E-state index contributed by atoms with van der Waals surface area (Å²) in [7, 11) is 1.57. The zero-order chi connectivity index (χ0) is 14.0. The SMILES string of the molecule is COc1ccc(C(=O)O)cc1Cn1nc(C)cc1C. The molecule has 1 heterocycles. The number of hydrogen-bond acceptors (Lipinski definition) is 3. The Morgan fingerprint density at radius 1 is 1.37 bits per heavy atom. The van der Waals surface area contributed by atoms with Gasteiger partial charge in [-0.15, -0.1) is 0 Å². The number of ether oxygens (including phenoxy) is 1. The highest BCUT2D eigenvalue weighted by atomic mass is 16.5. The molecular weight excluding hydrogens is 244 g/mol. The largest absolute Gasteiger partial charge is 0.496 e. The minimum Gasteiger partial charge on any atom is -0.496 e. The quantitative estimate of drug-likeness (QED) is 0.915. The Hall–Kier alpha value is -2.30. The number of benzene rings is 1. The topological polar surface area (TPSA) is 64.3 Å². The first kappa shape index (κ1) is 13.1. The molecule has 0 aliphatic rings. The van der Waals surface area contributed by atoms with Crippen molar-refractivity contribution in [3.63, 3.8) is 0 Å². The second kappa shape index (κ2) is 5.14. The predicted octanol–water partition coefficient (Wildman–Crippen LogP) is 2.26. The molecule has 0 saturated heterocycles. The highest BCUT2D eigenvalue weighted by molar-refractivity contribution is 5.88. The molecule has 100 valence electrons. The van der Waals surface area contributed by atoms with Crippen LogP contribution in [0.1, 0.15) is 27.3 Å². The Kier molecular flexibility index (Phi) is 3.55. The van der Waals surface area contributed by atoms with Crippen LogP contribution < -0.4 is 4.74 Å². The molecule has 0 unspecified atom stereocenters. The van der Waals surface area contributed by atoms with E-state index in [4.69, 9.17) is 9.84 Å². The average Bonchev–Trinajstić information content (AvgIpc) is 2.67. The van der Waals surface area contributed by atoms with Crippen molar-refractivity contribution in [3.8, 4) is 5.75 Å². The summed E-state index contributed by atoms with van der Waals surface area (Å²) in [6.45, 7) is 4.38. The normalized spacial score (nSPS) is 10.5. The van der Waals surface area contributed by atoms with Gasteiger partial charge in [-0.25, -0.2) is 4.79 Å². The number of rotatable bonds is 4. The molecule has 0 atom stereocenters. The Balaban J connectivity index is 2.39. The van der Waals surface area contributed by atoms with Crippen LogP contribution in [0.5, 0.6) is 5.75 Å². The lowest BCUT2D eigenvalue weighted by Gasteiger charge is -2.10. The molecule has 0 aliphatic heterocycles. The summed E-state index contributed by atoms with van der Waals surface area (Å²) in [5.41, 5.74) is 3.01. The van der Waals surface area contributed by atoms with E-state index < -0.39 is 5.97 Å². The molecule has 0 aliphatic carbocycles. The predicted molar refractivity (Wildman–Crippen MR) is 70.8 cm³/mol. The van der Waals surface area contributed by atoms with E-state index in [0.29, 0.717) is 12.3 Å². The molecule has 0 spiro atoms. The number of hydrogen-bond donors (Lipinski definition) is 1. The van der Waals surface area contributed by atoms with Gasteiger partial charge in [-0.2, -0.15) is 5.10 Å². The van der Waals surface area contributed by atoms with Crippen molar-refractivity contribution in [1.29, 1.82) is 0 Å². The summed E-state index contributed by atoms with van der Waals surface area (Å²) in [5, 5.41) is 13.4. The highest BCUT2D eigenvalue weighted by Crippen LogP contribution is 2.21. The minimum absolute atomic E-state index is 0.248. The number of carbonyl (C=O) groups is 1. The number of aryl methyl sites for hydroxylation is 2. The number of carboxylic acid groups (broad SMARTS) is 1. The van der Waals surface area contributed by atoms with E-state index in [0.717, 1.165) is 17.0 Å². The fourth-order valence-corrected chi connectivity index (χ4v) is 2.03. The van der Waals surface area contributed by atoms with Gasteiger partial charge in [-0.1, -0.05) is 0 Å². The summed E-state index contributed by atoms with van der Waals surface area (Å²) in [6.07, 6.45) is 0. The number of aromatic carboxylic acids is 1. The Labute approximate surface area is 111 Å². The van der Waals surface area contributed by atoms with Crippen molar-refractivity contribution < 1.29 is 14.6 Å². The molecule has 5 nitrogen and oxygen atoms in total. The first-order valence-corrected chi connectivity index (χ1v) is 5.92. The van der Waals surface area contributed by atoms with Crippen molar-refractivity contribution >= 4 is 5.97 Å². The van der Waals surface area contributed by atoms with E-state index in [2.05, 4.69) is 5.10 Å². The molecule has 2 rings (SSSR count). The zero-order valence-electron chi connectivity index (χ0n) is 11.2. The first-order valence-electron chi connectivity index (χ1n) is 5.92. The van der Waals surface area contributed by atoms with Crippen molar-refractivity contribution in [1.82, 2.24) is 9.78 Å². The van der Waals surface area contributed by atoms with Crippen molar-refractivity contribution in [2.75, 3.05) is 7.11 Å². The average molecular weight is 260 g/mol. The fraction of sp³-hybridized carbons (Fsp3) is 0.286. The lowest BCUT2D eigenvalue weighted by atomic mass is 10.1. The van der Waals surface area contributed by atoms with E-state index in [1.807, 2.05) is 24.6 Å². The van der Waals surface area contributed by atoms with Crippen molar-refractivity contribution in [3.05, 3.63) is 46.8 Å². The van der Waals surface area contributed by atoms with Crippen LogP contribution in [0, 0.1) is 13.8 Å². The van der Waals surface area contributed by atoms with E-state index >= 15 is 0 Å². The van der Waals surface area contributed by atoms with Gasteiger partial charge in [0.2, 0.25) is 0 Å². The summed E-state index contributed by atoms with van der Waals surface area (Å²) in [4.78, 5) is 11.0. The summed E-state index contributed by atoms with van der Waals surface area (Å²) in [6, 6.07) is 6.81. The van der Waals surface area contributed by atoms with E-state index in [9.17, 15) is 4.79 Å². The van der Waals surface area contributed by atoms with Crippen LogP contribution in [0.4, 0.5) is 0 Å². The summed E-state index contributed by atoms with van der Waals surface area (Å²) in [5.74, 6) is -0.283. The maximum atomic E-state index is 11.0. The van der Waals surface area contributed by atoms with Crippen LogP contribution in [-0.2, 0) is 6.54 Å². The summed E-state index contributed by atoms with van der Waals surface area (Å²) < 4.78 is 7.10. The lowest BCUT2D eigenvalue weighted by Crippen LogP contribution is -2.07. The van der Waals surface area contributed by atoms with Crippen LogP contribution in [0.25, 0.3) is 0 Å². The fourth-order valence-electron chi connectivity index (χ4n) is 2.03. The van der Waals surface area contributed by atoms with Gasteiger partial charge in [0.1, 0.15) is 5.75 Å². The van der Waals surface area contributed by atoms with Gasteiger partial charge in [-0.3, -0.25) is 4.68 Å².